The molecule has 1 aromatic rings. The van der Waals surface area contributed by atoms with Crippen LogP contribution in [0.4, 0.5) is 5.13 Å². The first kappa shape index (κ1) is 12.6. The Morgan fingerprint density at radius 3 is 2.88 bits per heavy atom. The minimum Gasteiger partial charge on any atom is -0.394 e. The molecule has 1 atom stereocenters. The Bertz CT molecular complexity index is 391. The summed E-state index contributed by atoms with van der Waals surface area (Å²) in [4.78, 5) is 26.2. The van der Waals surface area contributed by atoms with Gasteiger partial charge in [0.25, 0.3) is 5.91 Å². The Labute approximate surface area is 96.7 Å². The third-order valence-electron chi connectivity index (χ3n) is 1.67. The highest BCUT2D eigenvalue weighted by Gasteiger charge is 2.13. The number of aliphatic hydroxyl groups excluding tert-OH is 1. The van der Waals surface area contributed by atoms with Crippen LogP contribution >= 0.6 is 11.3 Å². The van der Waals surface area contributed by atoms with Gasteiger partial charge in [-0.25, -0.2) is 4.98 Å². The second-order valence-corrected chi connectivity index (χ2v) is 4.13. The van der Waals surface area contributed by atoms with Gasteiger partial charge in [0.2, 0.25) is 5.91 Å². The highest BCUT2D eigenvalue weighted by molar-refractivity contribution is 7.14. The predicted molar refractivity (Wildman–Crippen MR) is 60.4 cm³/mol. The molecule has 7 heteroatoms. The molecule has 0 aliphatic carbocycles. The van der Waals surface area contributed by atoms with Gasteiger partial charge in [-0.1, -0.05) is 0 Å². The number of carbonyl (C=O) groups excluding carboxylic acids is 2. The fourth-order valence-corrected chi connectivity index (χ4v) is 1.67. The van der Waals surface area contributed by atoms with E-state index in [-0.39, 0.29) is 30.2 Å². The molecule has 0 aromatic carbocycles. The van der Waals surface area contributed by atoms with Crippen LogP contribution in [0.2, 0.25) is 0 Å². The van der Waals surface area contributed by atoms with Crippen molar-refractivity contribution in [3.63, 3.8) is 0 Å². The lowest BCUT2D eigenvalue weighted by molar-refractivity contribution is -0.114. The average Bonchev–Trinajstić information content (AvgIpc) is 2.65. The number of carbonyl (C=O) groups is 2. The van der Waals surface area contributed by atoms with E-state index in [4.69, 9.17) is 5.11 Å². The Kier molecular flexibility index (Phi) is 4.39. The molecule has 1 aromatic heterocycles. The summed E-state index contributed by atoms with van der Waals surface area (Å²) in [5.41, 5.74) is 0.231. The minimum atomic E-state index is -0.366. The van der Waals surface area contributed by atoms with Crippen LogP contribution < -0.4 is 10.6 Å². The molecule has 1 rings (SSSR count). The normalized spacial score (nSPS) is 11.9. The molecule has 16 heavy (non-hydrogen) atoms. The number of hydrogen-bond acceptors (Lipinski definition) is 5. The second-order valence-electron chi connectivity index (χ2n) is 3.28. The van der Waals surface area contributed by atoms with E-state index < -0.39 is 0 Å². The summed E-state index contributed by atoms with van der Waals surface area (Å²) in [5.74, 6) is -0.598. The molecule has 0 saturated heterocycles. The van der Waals surface area contributed by atoms with Crippen molar-refractivity contribution in [3.8, 4) is 0 Å². The van der Waals surface area contributed by atoms with E-state index in [9.17, 15) is 9.59 Å². The molecule has 0 aliphatic heterocycles. The first-order valence-electron chi connectivity index (χ1n) is 4.67. The maximum atomic E-state index is 11.5. The van der Waals surface area contributed by atoms with Crippen LogP contribution in [0.15, 0.2) is 5.38 Å². The first-order valence-corrected chi connectivity index (χ1v) is 5.55. The summed E-state index contributed by atoms with van der Waals surface area (Å²) in [7, 11) is 0. The van der Waals surface area contributed by atoms with Crippen molar-refractivity contribution < 1.29 is 14.7 Å². The highest BCUT2D eigenvalue weighted by Crippen LogP contribution is 2.15. The lowest BCUT2D eigenvalue weighted by Gasteiger charge is -2.08. The van der Waals surface area contributed by atoms with Crippen LogP contribution in [0.1, 0.15) is 24.3 Å². The van der Waals surface area contributed by atoms with Crippen molar-refractivity contribution in [2.45, 2.75) is 19.9 Å². The van der Waals surface area contributed by atoms with Gasteiger partial charge in [-0.2, -0.15) is 0 Å². The molecule has 0 bridgehead atoms. The number of nitrogens with one attached hydrogen (secondary N) is 2. The summed E-state index contributed by atoms with van der Waals surface area (Å²) in [5, 5.41) is 15.7. The summed E-state index contributed by atoms with van der Waals surface area (Å²) < 4.78 is 0. The van der Waals surface area contributed by atoms with E-state index in [1.807, 2.05) is 0 Å². The van der Waals surface area contributed by atoms with Crippen LogP contribution in [0, 0.1) is 0 Å². The molecule has 0 unspecified atom stereocenters. The molecule has 2 amide bonds. The maximum Gasteiger partial charge on any atom is 0.271 e. The molecule has 0 aliphatic rings. The maximum absolute atomic E-state index is 11.5. The molecule has 0 spiro atoms. The third kappa shape index (κ3) is 3.59. The van der Waals surface area contributed by atoms with Crippen LogP contribution in [0.25, 0.3) is 0 Å². The zero-order valence-corrected chi connectivity index (χ0v) is 9.80. The fraction of sp³-hybridized carbons (Fsp3) is 0.444. The molecule has 6 nitrogen and oxygen atoms in total. The number of thiazole rings is 1. The van der Waals surface area contributed by atoms with E-state index in [1.54, 1.807) is 12.3 Å². The smallest absolute Gasteiger partial charge is 0.271 e. The van der Waals surface area contributed by atoms with E-state index in [0.29, 0.717) is 5.13 Å². The largest absolute Gasteiger partial charge is 0.394 e. The zero-order valence-electron chi connectivity index (χ0n) is 8.98. The first-order chi connectivity index (χ1) is 7.52. The van der Waals surface area contributed by atoms with Crippen molar-refractivity contribution >= 4 is 28.3 Å². The predicted octanol–water partition coefficient (Wildman–Crippen LogP) is 0.212. The Hall–Kier alpha value is -1.47. The summed E-state index contributed by atoms with van der Waals surface area (Å²) >= 11 is 1.17. The SMILES string of the molecule is CC(=O)Nc1nc(C(=O)N[C@H](C)CO)cs1. The van der Waals surface area contributed by atoms with E-state index >= 15 is 0 Å². The zero-order chi connectivity index (χ0) is 12.1. The molecular formula is C9H13N3O3S. The van der Waals surface area contributed by atoms with Gasteiger partial charge in [-0.3, -0.25) is 9.59 Å². The quantitative estimate of drug-likeness (QED) is 0.705. The van der Waals surface area contributed by atoms with Crippen molar-refractivity contribution in [3.05, 3.63) is 11.1 Å². The van der Waals surface area contributed by atoms with Crippen LogP contribution in [0.5, 0.6) is 0 Å². The van der Waals surface area contributed by atoms with Gasteiger partial charge < -0.3 is 15.7 Å². The second kappa shape index (κ2) is 5.57. The molecule has 0 saturated carbocycles. The van der Waals surface area contributed by atoms with Crippen molar-refractivity contribution in [1.82, 2.24) is 10.3 Å². The van der Waals surface area contributed by atoms with Gasteiger partial charge in [0.05, 0.1) is 6.61 Å². The summed E-state index contributed by atoms with van der Waals surface area (Å²) in [6.07, 6.45) is 0. The highest BCUT2D eigenvalue weighted by atomic mass is 32.1. The van der Waals surface area contributed by atoms with E-state index in [1.165, 1.54) is 18.3 Å². The standard InChI is InChI=1S/C9H13N3O3S/c1-5(3-13)10-8(15)7-4-16-9(12-7)11-6(2)14/h4-5,13H,3H2,1-2H3,(H,10,15)(H,11,12,14)/t5-/m1/s1. The third-order valence-corrected chi connectivity index (χ3v) is 2.43. The van der Waals surface area contributed by atoms with Crippen molar-refractivity contribution in [2.75, 3.05) is 11.9 Å². The Morgan fingerprint density at radius 1 is 1.62 bits per heavy atom. The molecule has 0 fully saturated rings. The average molecular weight is 243 g/mol. The topological polar surface area (TPSA) is 91.3 Å². The number of anilines is 1. The van der Waals surface area contributed by atoms with E-state index in [0.717, 1.165) is 0 Å². The molecule has 3 N–H and O–H groups in total. The molecular weight excluding hydrogens is 230 g/mol. The lowest BCUT2D eigenvalue weighted by Crippen LogP contribution is -2.35. The van der Waals surface area contributed by atoms with E-state index in [2.05, 4.69) is 15.6 Å². The van der Waals surface area contributed by atoms with Crippen molar-refractivity contribution in [1.29, 1.82) is 0 Å². The van der Waals surface area contributed by atoms with Crippen LogP contribution in [-0.4, -0.2) is 34.6 Å². The number of aromatic nitrogens is 1. The van der Waals surface area contributed by atoms with Crippen LogP contribution in [0.3, 0.4) is 0 Å². The number of hydrogen-bond donors (Lipinski definition) is 3. The molecule has 88 valence electrons. The number of nitrogens with zero attached hydrogens (tertiary/aromatic N) is 1. The van der Waals surface area contributed by atoms with Gasteiger partial charge in [0.15, 0.2) is 5.13 Å². The summed E-state index contributed by atoms with van der Waals surface area (Å²) in [6.45, 7) is 2.92. The van der Waals surface area contributed by atoms with Gasteiger partial charge in [-0.15, -0.1) is 11.3 Å². The number of amides is 2. The Balaban J connectivity index is 2.63. The monoisotopic (exact) mass is 243 g/mol. The number of rotatable bonds is 4. The molecule has 0 radical (unpaired) electrons. The molecule has 1 heterocycles. The minimum absolute atomic E-state index is 0.131. The van der Waals surface area contributed by atoms with Gasteiger partial charge in [-0.05, 0) is 6.92 Å². The van der Waals surface area contributed by atoms with Crippen LogP contribution in [-0.2, 0) is 4.79 Å². The fourth-order valence-electron chi connectivity index (χ4n) is 0.929. The Morgan fingerprint density at radius 2 is 2.31 bits per heavy atom. The lowest BCUT2D eigenvalue weighted by atomic mass is 10.3. The van der Waals surface area contributed by atoms with Gasteiger partial charge in [0, 0.05) is 18.3 Å². The summed E-state index contributed by atoms with van der Waals surface area (Å²) in [6, 6.07) is -0.321. The van der Waals surface area contributed by atoms with Gasteiger partial charge >= 0.3 is 0 Å². The number of aliphatic hydroxyl groups is 1. The van der Waals surface area contributed by atoms with Gasteiger partial charge in [0.1, 0.15) is 5.69 Å². The van der Waals surface area contributed by atoms with Crippen molar-refractivity contribution in [2.24, 2.45) is 0 Å².